The minimum atomic E-state index is -0.719. The van der Waals surface area contributed by atoms with Crippen LogP contribution in [0, 0.1) is 23.7 Å². The molecule has 1 aromatic rings. The first-order chi connectivity index (χ1) is 11.6. The molecule has 3 aliphatic carbocycles. The smallest absolute Gasteiger partial charge is 0.306 e. The van der Waals surface area contributed by atoms with Crippen molar-refractivity contribution < 1.29 is 24.2 Å². The van der Waals surface area contributed by atoms with Crippen LogP contribution in [0.4, 0.5) is 0 Å². The van der Waals surface area contributed by atoms with Gasteiger partial charge in [0.05, 0.1) is 5.92 Å². The van der Waals surface area contributed by atoms with E-state index in [4.69, 9.17) is 9.47 Å². The van der Waals surface area contributed by atoms with Gasteiger partial charge in [-0.1, -0.05) is 6.07 Å². The number of benzene rings is 1. The van der Waals surface area contributed by atoms with E-state index in [0.717, 1.165) is 29.9 Å². The average Bonchev–Trinajstić information content (AvgIpc) is 3.45. The lowest BCUT2D eigenvalue weighted by Crippen LogP contribution is -2.37. The maximum absolute atomic E-state index is 12.5. The summed E-state index contributed by atoms with van der Waals surface area (Å²) in [6.07, 6.45) is 2.37. The van der Waals surface area contributed by atoms with Crippen LogP contribution >= 0.6 is 0 Å². The maximum atomic E-state index is 12.5. The minimum Gasteiger partial charge on any atom is -0.481 e. The number of carboxylic acids is 1. The Labute approximate surface area is 139 Å². The SMILES string of the molecule is O=C(O)[C@@H]1C[C@H](NC(=O)[C@@H]2C[C@H]2c2ccc3c(c2)OCO3)[C@H]2C[C@H]21. The predicted octanol–water partition coefficient (Wildman–Crippen LogP) is 1.74. The summed E-state index contributed by atoms with van der Waals surface area (Å²) in [4.78, 5) is 23.7. The maximum Gasteiger partial charge on any atom is 0.306 e. The van der Waals surface area contributed by atoms with Crippen molar-refractivity contribution >= 4 is 11.9 Å². The predicted molar refractivity (Wildman–Crippen MR) is 82.7 cm³/mol. The van der Waals surface area contributed by atoms with Gasteiger partial charge in [-0.25, -0.2) is 0 Å². The number of fused-ring (bicyclic) bond motifs is 2. The number of aliphatic carboxylic acids is 1. The molecule has 6 heteroatoms. The van der Waals surface area contributed by atoms with E-state index < -0.39 is 5.97 Å². The highest BCUT2D eigenvalue weighted by atomic mass is 16.7. The van der Waals surface area contributed by atoms with Crippen LogP contribution in [0.25, 0.3) is 0 Å². The second kappa shape index (κ2) is 4.88. The number of nitrogens with one attached hydrogen (secondary N) is 1. The molecule has 6 nitrogen and oxygen atoms in total. The van der Waals surface area contributed by atoms with E-state index in [1.165, 1.54) is 0 Å². The van der Waals surface area contributed by atoms with E-state index in [0.29, 0.717) is 12.3 Å². The fourth-order valence-electron chi connectivity index (χ4n) is 4.52. The van der Waals surface area contributed by atoms with Gasteiger partial charge in [0.1, 0.15) is 0 Å². The molecule has 126 valence electrons. The number of hydrogen-bond donors (Lipinski definition) is 2. The molecule has 24 heavy (non-hydrogen) atoms. The topological polar surface area (TPSA) is 84.9 Å². The van der Waals surface area contributed by atoms with Gasteiger partial charge in [0.15, 0.2) is 11.5 Å². The summed E-state index contributed by atoms with van der Waals surface area (Å²) in [5.74, 6) is 1.45. The summed E-state index contributed by atoms with van der Waals surface area (Å²) in [6, 6.07) is 5.90. The Morgan fingerprint density at radius 3 is 2.67 bits per heavy atom. The molecule has 0 saturated heterocycles. The number of hydrogen-bond acceptors (Lipinski definition) is 4. The molecule has 1 aromatic carbocycles. The zero-order valence-corrected chi connectivity index (χ0v) is 13.1. The van der Waals surface area contributed by atoms with Crippen LogP contribution in [0.5, 0.6) is 11.5 Å². The largest absolute Gasteiger partial charge is 0.481 e. The van der Waals surface area contributed by atoms with E-state index in [1.807, 2.05) is 18.2 Å². The quantitative estimate of drug-likeness (QED) is 0.879. The lowest BCUT2D eigenvalue weighted by atomic mass is 10.0. The van der Waals surface area contributed by atoms with Gasteiger partial charge in [0, 0.05) is 12.0 Å². The van der Waals surface area contributed by atoms with Crippen molar-refractivity contribution in [2.45, 2.75) is 31.2 Å². The lowest BCUT2D eigenvalue weighted by molar-refractivity contribution is -0.142. The van der Waals surface area contributed by atoms with Gasteiger partial charge < -0.3 is 19.9 Å². The summed E-state index contributed by atoms with van der Waals surface area (Å²) >= 11 is 0. The van der Waals surface area contributed by atoms with Crippen LogP contribution in [0.1, 0.15) is 30.7 Å². The zero-order chi connectivity index (χ0) is 16.4. The summed E-state index contributed by atoms with van der Waals surface area (Å²) < 4.78 is 10.7. The average molecular weight is 329 g/mol. The molecule has 0 aromatic heterocycles. The normalized spacial score (nSPS) is 37.7. The van der Waals surface area contributed by atoms with Crippen molar-refractivity contribution in [1.82, 2.24) is 5.32 Å². The molecule has 2 N–H and O–H groups in total. The first kappa shape index (κ1) is 14.1. The fourth-order valence-corrected chi connectivity index (χ4v) is 4.52. The van der Waals surface area contributed by atoms with Crippen LogP contribution in [0.15, 0.2) is 18.2 Å². The first-order valence-electron chi connectivity index (χ1n) is 8.54. The third-order valence-corrected chi connectivity index (χ3v) is 6.03. The van der Waals surface area contributed by atoms with Crippen molar-refractivity contribution in [3.8, 4) is 11.5 Å². The van der Waals surface area contributed by atoms with Crippen molar-refractivity contribution in [3.05, 3.63) is 23.8 Å². The standard InChI is InChI=1S/C18H19NO5/c20-17(19-14-6-13(18(21)22)10-5-11(10)14)12-4-9(12)8-1-2-15-16(3-8)24-7-23-15/h1-3,9-14H,4-7H2,(H,19,20)(H,21,22)/t9-,10+,11-,12+,13+,14-/m0/s1. The van der Waals surface area contributed by atoms with Gasteiger partial charge in [-0.05, 0) is 54.7 Å². The molecule has 6 atom stereocenters. The molecular formula is C18H19NO5. The highest BCUT2D eigenvalue weighted by molar-refractivity contribution is 5.83. The number of rotatable bonds is 4. The molecule has 3 fully saturated rings. The highest BCUT2D eigenvalue weighted by Gasteiger charge is 2.58. The summed E-state index contributed by atoms with van der Waals surface area (Å²) in [6.45, 7) is 0.252. The van der Waals surface area contributed by atoms with Crippen LogP contribution in [-0.4, -0.2) is 29.8 Å². The van der Waals surface area contributed by atoms with Crippen LogP contribution in [0.3, 0.4) is 0 Å². The Kier molecular flexibility index (Phi) is 2.87. The van der Waals surface area contributed by atoms with Crippen molar-refractivity contribution in [3.63, 3.8) is 0 Å². The highest BCUT2D eigenvalue weighted by Crippen LogP contribution is 2.56. The van der Waals surface area contributed by atoms with Gasteiger partial charge in [-0.15, -0.1) is 0 Å². The van der Waals surface area contributed by atoms with Crippen LogP contribution < -0.4 is 14.8 Å². The molecule has 0 radical (unpaired) electrons. The monoisotopic (exact) mass is 329 g/mol. The molecule has 1 heterocycles. The third kappa shape index (κ3) is 2.16. The van der Waals surface area contributed by atoms with Crippen molar-refractivity contribution in [2.75, 3.05) is 6.79 Å². The zero-order valence-electron chi connectivity index (χ0n) is 13.1. The molecule has 3 saturated carbocycles. The summed E-state index contributed by atoms with van der Waals surface area (Å²) in [7, 11) is 0. The van der Waals surface area contributed by atoms with Crippen molar-refractivity contribution in [1.29, 1.82) is 0 Å². The molecule has 0 unspecified atom stereocenters. The minimum absolute atomic E-state index is 0.00792. The molecular weight excluding hydrogens is 310 g/mol. The van der Waals surface area contributed by atoms with Crippen LogP contribution in [-0.2, 0) is 9.59 Å². The van der Waals surface area contributed by atoms with Gasteiger partial charge in [0.2, 0.25) is 12.7 Å². The van der Waals surface area contributed by atoms with Gasteiger partial charge in [-0.3, -0.25) is 9.59 Å². The Morgan fingerprint density at radius 2 is 1.88 bits per heavy atom. The van der Waals surface area contributed by atoms with E-state index in [9.17, 15) is 14.7 Å². The Hall–Kier alpha value is -2.24. The van der Waals surface area contributed by atoms with Crippen molar-refractivity contribution in [2.24, 2.45) is 23.7 Å². The molecule has 5 rings (SSSR count). The van der Waals surface area contributed by atoms with E-state index >= 15 is 0 Å². The number of carbonyl (C=O) groups is 2. The number of ether oxygens (including phenoxy) is 2. The molecule has 0 spiro atoms. The van der Waals surface area contributed by atoms with Gasteiger partial charge in [-0.2, -0.15) is 0 Å². The van der Waals surface area contributed by atoms with E-state index in [-0.39, 0.29) is 42.4 Å². The molecule has 1 amide bonds. The second-order valence-corrected chi connectivity index (χ2v) is 7.42. The van der Waals surface area contributed by atoms with Crippen LogP contribution in [0.2, 0.25) is 0 Å². The molecule has 4 aliphatic rings. The van der Waals surface area contributed by atoms with Gasteiger partial charge >= 0.3 is 5.97 Å². The Morgan fingerprint density at radius 1 is 1.04 bits per heavy atom. The fraction of sp³-hybridized carbons (Fsp3) is 0.556. The number of carbonyl (C=O) groups excluding carboxylic acids is 1. The first-order valence-corrected chi connectivity index (χ1v) is 8.54. The number of carboxylic acid groups (broad SMARTS) is 1. The summed E-state index contributed by atoms with van der Waals surface area (Å²) in [5, 5.41) is 12.3. The Bertz CT molecular complexity index is 732. The second-order valence-electron chi connectivity index (χ2n) is 7.42. The van der Waals surface area contributed by atoms with Gasteiger partial charge in [0.25, 0.3) is 0 Å². The number of amides is 1. The molecule has 1 aliphatic heterocycles. The lowest BCUT2D eigenvalue weighted by Gasteiger charge is -2.16. The van der Waals surface area contributed by atoms with E-state index in [2.05, 4.69) is 5.32 Å². The molecule has 0 bridgehead atoms. The van der Waals surface area contributed by atoms with E-state index in [1.54, 1.807) is 0 Å². The Balaban J connectivity index is 1.22. The third-order valence-electron chi connectivity index (χ3n) is 6.03. The summed E-state index contributed by atoms with van der Waals surface area (Å²) in [5.41, 5.74) is 1.11.